The number of likely N-dealkylation sites (tertiary alicyclic amines) is 2. The van der Waals surface area contributed by atoms with Crippen molar-refractivity contribution in [2.75, 3.05) is 40.4 Å². The molecule has 1 aromatic carbocycles. The highest BCUT2D eigenvalue weighted by molar-refractivity contribution is 5.95. The molecule has 1 atom stereocenters. The molecular formula is C19H28N2O3. The van der Waals surface area contributed by atoms with Crippen LogP contribution in [-0.4, -0.2) is 62.1 Å². The van der Waals surface area contributed by atoms with Gasteiger partial charge in [-0.15, -0.1) is 0 Å². The molecule has 1 amide bonds. The van der Waals surface area contributed by atoms with Crippen LogP contribution in [0.4, 0.5) is 0 Å². The first-order chi connectivity index (χ1) is 11.7. The first kappa shape index (κ1) is 17.1. The van der Waals surface area contributed by atoms with Crippen molar-refractivity contribution in [2.24, 2.45) is 0 Å². The minimum absolute atomic E-state index is 0.0818. The Hall–Kier alpha value is -1.75. The van der Waals surface area contributed by atoms with Gasteiger partial charge in [0.25, 0.3) is 5.91 Å². The maximum atomic E-state index is 13.0. The van der Waals surface area contributed by atoms with Gasteiger partial charge in [0, 0.05) is 30.8 Å². The van der Waals surface area contributed by atoms with E-state index in [4.69, 9.17) is 9.47 Å². The first-order valence-electron chi connectivity index (χ1n) is 8.97. The van der Waals surface area contributed by atoms with Crippen molar-refractivity contribution < 1.29 is 14.3 Å². The molecule has 0 unspecified atom stereocenters. The molecule has 5 nitrogen and oxygen atoms in total. The van der Waals surface area contributed by atoms with Gasteiger partial charge in [-0.3, -0.25) is 9.69 Å². The third kappa shape index (κ3) is 3.83. The number of amides is 1. The zero-order valence-electron chi connectivity index (χ0n) is 14.8. The largest absolute Gasteiger partial charge is 0.497 e. The fourth-order valence-corrected chi connectivity index (χ4v) is 3.82. The van der Waals surface area contributed by atoms with Crippen LogP contribution < -0.4 is 9.47 Å². The van der Waals surface area contributed by atoms with E-state index in [9.17, 15) is 4.79 Å². The molecule has 0 radical (unpaired) electrons. The smallest absolute Gasteiger partial charge is 0.254 e. The van der Waals surface area contributed by atoms with Crippen LogP contribution in [0.3, 0.4) is 0 Å². The number of methoxy groups -OCH3 is 2. The molecule has 0 bridgehead atoms. The summed E-state index contributed by atoms with van der Waals surface area (Å²) in [6.45, 7) is 4.03. The zero-order valence-corrected chi connectivity index (χ0v) is 14.8. The maximum absolute atomic E-state index is 13.0. The summed E-state index contributed by atoms with van der Waals surface area (Å²) in [5, 5.41) is 0. The molecule has 0 aliphatic carbocycles. The van der Waals surface area contributed by atoms with Crippen LogP contribution >= 0.6 is 0 Å². The summed E-state index contributed by atoms with van der Waals surface area (Å²) in [4.78, 5) is 17.6. The van der Waals surface area contributed by atoms with Crippen LogP contribution in [0.5, 0.6) is 11.5 Å². The Labute approximate surface area is 144 Å². The average molecular weight is 332 g/mol. The molecule has 0 spiro atoms. The highest BCUT2D eigenvalue weighted by Gasteiger charge is 2.28. The molecule has 2 heterocycles. The normalized spacial score (nSPS) is 22.2. The number of rotatable bonds is 4. The Morgan fingerprint density at radius 1 is 0.958 bits per heavy atom. The van der Waals surface area contributed by atoms with Crippen molar-refractivity contribution in [1.82, 2.24) is 9.80 Å². The Bertz CT molecular complexity index is 547. The van der Waals surface area contributed by atoms with E-state index in [0.29, 0.717) is 23.1 Å². The summed E-state index contributed by atoms with van der Waals surface area (Å²) >= 11 is 0. The monoisotopic (exact) mass is 332 g/mol. The molecule has 2 aliphatic heterocycles. The van der Waals surface area contributed by atoms with Gasteiger partial charge in [-0.05, 0) is 50.9 Å². The van der Waals surface area contributed by atoms with Gasteiger partial charge in [0.05, 0.1) is 14.2 Å². The molecule has 24 heavy (non-hydrogen) atoms. The number of benzene rings is 1. The number of carbonyl (C=O) groups is 1. The van der Waals surface area contributed by atoms with Crippen LogP contribution in [0.15, 0.2) is 18.2 Å². The van der Waals surface area contributed by atoms with Crippen molar-refractivity contribution in [3.05, 3.63) is 23.8 Å². The standard InChI is InChI=1S/C19H28N2O3/c1-23-17-11-15(12-18(13-17)24-2)19(22)21-10-4-3-7-16(14-21)20-8-5-6-9-20/h11-13,16H,3-10,14H2,1-2H3/t16-/m0/s1. The van der Waals surface area contributed by atoms with E-state index >= 15 is 0 Å². The molecule has 5 heteroatoms. The van der Waals surface area contributed by atoms with Gasteiger partial charge in [-0.1, -0.05) is 6.42 Å². The van der Waals surface area contributed by atoms with Crippen molar-refractivity contribution in [3.8, 4) is 11.5 Å². The van der Waals surface area contributed by atoms with Crippen LogP contribution in [0.25, 0.3) is 0 Å². The second-order valence-corrected chi connectivity index (χ2v) is 6.75. The highest BCUT2D eigenvalue weighted by Crippen LogP contribution is 2.25. The molecule has 3 rings (SSSR count). The summed E-state index contributed by atoms with van der Waals surface area (Å²) < 4.78 is 10.6. The second kappa shape index (κ2) is 7.88. The number of carbonyl (C=O) groups excluding carboxylic acids is 1. The van der Waals surface area contributed by atoms with E-state index in [1.165, 1.54) is 38.8 Å². The van der Waals surface area contributed by atoms with Gasteiger partial charge < -0.3 is 14.4 Å². The van der Waals surface area contributed by atoms with Crippen molar-refractivity contribution in [1.29, 1.82) is 0 Å². The minimum atomic E-state index is 0.0818. The summed E-state index contributed by atoms with van der Waals surface area (Å²) in [5.41, 5.74) is 0.647. The van der Waals surface area contributed by atoms with E-state index in [-0.39, 0.29) is 5.91 Å². The van der Waals surface area contributed by atoms with Crippen molar-refractivity contribution in [3.63, 3.8) is 0 Å². The summed E-state index contributed by atoms with van der Waals surface area (Å²) in [6.07, 6.45) is 6.06. The molecule has 132 valence electrons. The third-order valence-corrected chi connectivity index (χ3v) is 5.19. The summed E-state index contributed by atoms with van der Waals surface area (Å²) in [5.74, 6) is 1.39. The topological polar surface area (TPSA) is 42.0 Å². The van der Waals surface area contributed by atoms with E-state index in [2.05, 4.69) is 4.90 Å². The van der Waals surface area contributed by atoms with Gasteiger partial charge >= 0.3 is 0 Å². The summed E-state index contributed by atoms with van der Waals surface area (Å²) in [6, 6.07) is 5.92. The number of nitrogens with zero attached hydrogens (tertiary/aromatic N) is 2. The van der Waals surface area contributed by atoms with Crippen molar-refractivity contribution >= 4 is 5.91 Å². The summed E-state index contributed by atoms with van der Waals surface area (Å²) in [7, 11) is 3.22. The van der Waals surface area contributed by atoms with Gasteiger partial charge in [-0.2, -0.15) is 0 Å². The fraction of sp³-hybridized carbons (Fsp3) is 0.632. The zero-order chi connectivity index (χ0) is 16.9. The SMILES string of the molecule is COc1cc(OC)cc(C(=O)N2CCCC[C@H](N3CCCC3)C2)c1. The van der Waals surface area contributed by atoms with E-state index < -0.39 is 0 Å². The molecule has 2 saturated heterocycles. The lowest BCUT2D eigenvalue weighted by atomic mass is 10.1. The van der Waals surface area contributed by atoms with Crippen molar-refractivity contribution in [2.45, 2.75) is 38.1 Å². The molecule has 2 aliphatic rings. The first-order valence-corrected chi connectivity index (χ1v) is 8.97. The number of hydrogen-bond donors (Lipinski definition) is 0. The predicted molar refractivity (Wildman–Crippen MR) is 93.9 cm³/mol. The molecule has 0 saturated carbocycles. The Morgan fingerprint density at radius 3 is 2.21 bits per heavy atom. The third-order valence-electron chi connectivity index (χ3n) is 5.19. The quantitative estimate of drug-likeness (QED) is 0.850. The lowest BCUT2D eigenvalue weighted by Crippen LogP contribution is -2.43. The highest BCUT2D eigenvalue weighted by atomic mass is 16.5. The Kier molecular flexibility index (Phi) is 5.61. The van der Waals surface area contributed by atoms with Gasteiger partial charge in [-0.25, -0.2) is 0 Å². The Balaban J connectivity index is 1.77. The maximum Gasteiger partial charge on any atom is 0.254 e. The fourth-order valence-electron chi connectivity index (χ4n) is 3.82. The van der Waals surface area contributed by atoms with E-state index in [1.807, 2.05) is 4.90 Å². The molecule has 0 aromatic heterocycles. The van der Waals surface area contributed by atoms with Crippen LogP contribution in [0, 0.1) is 0 Å². The number of ether oxygens (including phenoxy) is 2. The lowest BCUT2D eigenvalue weighted by Gasteiger charge is -2.30. The minimum Gasteiger partial charge on any atom is -0.497 e. The molecule has 0 N–H and O–H groups in total. The van der Waals surface area contributed by atoms with Crippen LogP contribution in [0.1, 0.15) is 42.5 Å². The Morgan fingerprint density at radius 2 is 1.58 bits per heavy atom. The van der Waals surface area contributed by atoms with Gasteiger partial charge in [0.15, 0.2) is 0 Å². The molecular weight excluding hydrogens is 304 g/mol. The second-order valence-electron chi connectivity index (χ2n) is 6.75. The molecule has 2 fully saturated rings. The van der Waals surface area contributed by atoms with Crippen LogP contribution in [0.2, 0.25) is 0 Å². The predicted octanol–water partition coefficient (Wildman–Crippen LogP) is 2.79. The molecule has 1 aromatic rings. The van der Waals surface area contributed by atoms with Crippen LogP contribution in [-0.2, 0) is 0 Å². The number of hydrogen-bond acceptors (Lipinski definition) is 4. The lowest BCUT2D eigenvalue weighted by molar-refractivity contribution is 0.0713. The van der Waals surface area contributed by atoms with E-state index in [0.717, 1.165) is 19.5 Å². The van der Waals surface area contributed by atoms with Gasteiger partial charge in [0.2, 0.25) is 0 Å². The van der Waals surface area contributed by atoms with E-state index in [1.54, 1.807) is 32.4 Å². The average Bonchev–Trinajstić information content (AvgIpc) is 3.05. The van der Waals surface area contributed by atoms with Gasteiger partial charge in [0.1, 0.15) is 11.5 Å².